The molecule has 0 radical (unpaired) electrons. The number of hydrogen-bond acceptors (Lipinski definition) is 6. The van der Waals surface area contributed by atoms with Crippen molar-refractivity contribution >= 4 is 22.8 Å². The van der Waals surface area contributed by atoms with Gasteiger partial charge in [-0.3, -0.25) is 4.98 Å². The number of nitrogens with one attached hydrogen (secondary N) is 1. The summed E-state index contributed by atoms with van der Waals surface area (Å²) in [6, 6.07) is 2.56. The van der Waals surface area contributed by atoms with E-state index in [-0.39, 0.29) is 0 Å². The zero-order valence-electron chi connectivity index (χ0n) is 13.5. The molecule has 1 saturated heterocycles. The van der Waals surface area contributed by atoms with E-state index in [1.54, 1.807) is 0 Å². The summed E-state index contributed by atoms with van der Waals surface area (Å²) in [5, 5.41) is 3.35. The molecule has 0 amide bonds. The number of pyridine rings is 1. The second-order valence-corrected chi connectivity index (χ2v) is 6.27. The van der Waals surface area contributed by atoms with Gasteiger partial charge in [-0.15, -0.1) is 0 Å². The van der Waals surface area contributed by atoms with Crippen LogP contribution in [0.25, 0.3) is 11.0 Å². The van der Waals surface area contributed by atoms with Crippen LogP contribution in [0.3, 0.4) is 0 Å². The van der Waals surface area contributed by atoms with E-state index < -0.39 is 0 Å². The van der Waals surface area contributed by atoms with E-state index in [2.05, 4.69) is 45.1 Å². The Morgan fingerprint density at radius 1 is 1.36 bits per heavy atom. The fourth-order valence-corrected chi connectivity index (χ4v) is 2.98. The van der Waals surface area contributed by atoms with E-state index in [0.717, 1.165) is 36.4 Å². The molecule has 3 rings (SSSR count). The van der Waals surface area contributed by atoms with Crippen LogP contribution in [0.4, 0.5) is 11.8 Å². The summed E-state index contributed by atoms with van der Waals surface area (Å²) in [4.78, 5) is 15.7. The first-order chi connectivity index (χ1) is 10.6. The third-order valence-electron chi connectivity index (χ3n) is 4.35. The van der Waals surface area contributed by atoms with Gasteiger partial charge in [0.25, 0.3) is 0 Å². The molecule has 3 heterocycles. The van der Waals surface area contributed by atoms with Gasteiger partial charge in [-0.1, -0.05) is 13.8 Å². The summed E-state index contributed by atoms with van der Waals surface area (Å²) in [5.41, 5.74) is 8.78. The number of nitrogens with zero attached hydrogens (tertiary/aromatic N) is 4. The molecule has 118 valence electrons. The molecule has 0 unspecified atom stereocenters. The molecule has 0 aliphatic carbocycles. The second kappa shape index (κ2) is 6.04. The zero-order valence-corrected chi connectivity index (χ0v) is 13.5. The molecule has 1 aliphatic heterocycles. The highest BCUT2D eigenvalue weighted by molar-refractivity contribution is 5.87. The number of nitrogens with two attached hydrogens (primary N) is 1. The van der Waals surface area contributed by atoms with Gasteiger partial charge in [-0.25, -0.2) is 4.98 Å². The predicted octanol–water partition coefficient (Wildman–Crippen LogP) is 1.92. The fourth-order valence-electron chi connectivity index (χ4n) is 2.98. The van der Waals surface area contributed by atoms with Crippen LogP contribution in [-0.4, -0.2) is 41.1 Å². The third kappa shape index (κ3) is 2.83. The lowest BCUT2D eigenvalue weighted by molar-refractivity contribution is 0.448. The lowest BCUT2D eigenvalue weighted by Gasteiger charge is -2.33. The molecule has 1 aliphatic rings. The Hall–Kier alpha value is -1.95. The van der Waals surface area contributed by atoms with Crippen LogP contribution in [0.2, 0.25) is 0 Å². The molecule has 0 saturated carbocycles. The van der Waals surface area contributed by atoms with Gasteiger partial charge in [0.05, 0.1) is 5.52 Å². The van der Waals surface area contributed by atoms with Crippen LogP contribution >= 0.6 is 0 Å². The second-order valence-electron chi connectivity index (χ2n) is 6.27. The number of nitrogen functional groups attached to an aromatic ring is 1. The largest absolute Gasteiger partial charge is 0.368 e. The lowest BCUT2D eigenvalue weighted by atomic mass is 10.0. The Morgan fingerprint density at radius 3 is 2.91 bits per heavy atom. The standard InChI is InChI=1S/C16H24N6/c1-10(2)11-7-13-14(19-8-11)15(21-16(17)20-13)22-6-4-5-12(9-22)18-3/h7-8,10,12,18H,4-6,9H2,1-3H3,(H2,17,20,21)/t12-/m1/s1. The van der Waals surface area contributed by atoms with Gasteiger partial charge in [-0.05, 0) is 37.4 Å². The predicted molar refractivity (Wildman–Crippen MR) is 90.1 cm³/mol. The fraction of sp³-hybridized carbons (Fsp3) is 0.562. The van der Waals surface area contributed by atoms with Gasteiger partial charge < -0.3 is 16.0 Å². The number of likely N-dealkylation sites (N-methyl/N-ethyl adjacent to an activating group) is 1. The van der Waals surface area contributed by atoms with Crippen molar-refractivity contribution < 1.29 is 0 Å². The van der Waals surface area contributed by atoms with Crippen LogP contribution in [0.1, 0.15) is 38.2 Å². The smallest absolute Gasteiger partial charge is 0.222 e. The van der Waals surface area contributed by atoms with Gasteiger partial charge in [-0.2, -0.15) is 4.98 Å². The van der Waals surface area contributed by atoms with Crippen LogP contribution in [0, 0.1) is 0 Å². The average molecular weight is 300 g/mol. The third-order valence-corrected chi connectivity index (χ3v) is 4.35. The minimum absolute atomic E-state index is 0.316. The van der Waals surface area contributed by atoms with Crippen molar-refractivity contribution in [3.63, 3.8) is 0 Å². The number of piperidine rings is 1. The number of anilines is 2. The van der Waals surface area contributed by atoms with Crippen LogP contribution in [-0.2, 0) is 0 Å². The van der Waals surface area contributed by atoms with Crippen LogP contribution < -0.4 is 16.0 Å². The van der Waals surface area contributed by atoms with Crippen LogP contribution in [0.15, 0.2) is 12.3 Å². The molecule has 2 aromatic heterocycles. The molecule has 0 aromatic carbocycles. The maximum atomic E-state index is 5.93. The normalized spacial score (nSPS) is 19.1. The van der Waals surface area contributed by atoms with Crippen molar-refractivity contribution in [1.82, 2.24) is 20.3 Å². The highest BCUT2D eigenvalue weighted by Crippen LogP contribution is 2.27. The topological polar surface area (TPSA) is 80.0 Å². The van der Waals surface area contributed by atoms with Crippen molar-refractivity contribution in [3.05, 3.63) is 17.8 Å². The molecule has 1 atom stereocenters. The van der Waals surface area contributed by atoms with Gasteiger partial charge >= 0.3 is 0 Å². The summed E-state index contributed by atoms with van der Waals surface area (Å²) < 4.78 is 0. The maximum Gasteiger partial charge on any atom is 0.222 e. The molecule has 0 spiro atoms. The van der Waals surface area contributed by atoms with Crippen molar-refractivity contribution in [3.8, 4) is 0 Å². The first kappa shape index (κ1) is 15.0. The van der Waals surface area contributed by atoms with Gasteiger partial charge in [0.1, 0.15) is 5.52 Å². The first-order valence-electron chi connectivity index (χ1n) is 7.94. The van der Waals surface area contributed by atoms with E-state index in [9.17, 15) is 0 Å². The Labute approximate surface area is 131 Å². The number of rotatable bonds is 3. The molecule has 3 N–H and O–H groups in total. The zero-order chi connectivity index (χ0) is 15.7. The van der Waals surface area contributed by atoms with Gasteiger partial charge in [0, 0.05) is 25.3 Å². The molecular formula is C16H24N6. The van der Waals surface area contributed by atoms with E-state index in [1.165, 1.54) is 12.0 Å². The van der Waals surface area contributed by atoms with Crippen molar-refractivity contribution in [1.29, 1.82) is 0 Å². The molecule has 22 heavy (non-hydrogen) atoms. The molecule has 6 nitrogen and oxygen atoms in total. The molecule has 0 bridgehead atoms. The van der Waals surface area contributed by atoms with Crippen molar-refractivity contribution in [2.45, 2.75) is 38.6 Å². The van der Waals surface area contributed by atoms with E-state index in [0.29, 0.717) is 17.9 Å². The first-order valence-corrected chi connectivity index (χ1v) is 7.94. The van der Waals surface area contributed by atoms with Gasteiger partial charge in [0.2, 0.25) is 5.95 Å². The Kier molecular flexibility index (Phi) is 4.11. The minimum Gasteiger partial charge on any atom is -0.368 e. The van der Waals surface area contributed by atoms with E-state index in [4.69, 9.17) is 5.73 Å². The molecule has 6 heteroatoms. The van der Waals surface area contributed by atoms with E-state index in [1.807, 2.05) is 13.2 Å². The number of aromatic nitrogens is 3. The minimum atomic E-state index is 0.316. The van der Waals surface area contributed by atoms with Crippen molar-refractivity contribution in [2.75, 3.05) is 30.8 Å². The lowest BCUT2D eigenvalue weighted by Crippen LogP contribution is -2.45. The quantitative estimate of drug-likeness (QED) is 0.901. The summed E-state index contributed by atoms with van der Waals surface area (Å²) in [5.74, 6) is 1.59. The summed E-state index contributed by atoms with van der Waals surface area (Å²) in [6.07, 6.45) is 4.26. The Bertz CT molecular complexity index is 669. The number of hydrogen-bond donors (Lipinski definition) is 2. The van der Waals surface area contributed by atoms with Crippen LogP contribution in [0.5, 0.6) is 0 Å². The highest BCUT2D eigenvalue weighted by Gasteiger charge is 2.22. The Morgan fingerprint density at radius 2 is 2.18 bits per heavy atom. The number of fused-ring (bicyclic) bond motifs is 1. The Balaban J connectivity index is 2.05. The van der Waals surface area contributed by atoms with Gasteiger partial charge in [0.15, 0.2) is 5.82 Å². The monoisotopic (exact) mass is 300 g/mol. The van der Waals surface area contributed by atoms with E-state index >= 15 is 0 Å². The highest BCUT2D eigenvalue weighted by atomic mass is 15.2. The summed E-state index contributed by atoms with van der Waals surface area (Å²) in [7, 11) is 2.01. The molecule has 1 fully saturated rings. The maximum absolute atomic E-state index is 5.93. The van der Waals surface area contributed by atoms with Crippen molar-refractivity contribution in [2.24, 2.45) is 0 Å². The molecular weight excluding hydrogens is 276 g/mol. The average Bonchev–Trinajstić information content (AvgIpc) is 2.53. The summed E-state index contributed by atoms with van der Waals surface area (Å²) in [6.45, 7) is 6.21. The summed E-state index contributed by atoms with van der Waals surface area (Å²) >= 11 is 0. The molecule has 2 aromatic rings. The SMILES string of the molecule is CN[C@@H]1CCCN(c2nc(N)nc3cc(C(C)C)cnc23)C1.